The molecule has 0 rings (SSSR count). The molecule has 0 aromatic heterocycles. The normalized spacial score (nSPS) is 11.8. The number of likely N-dealkylation sites (N-methyl/N-ethyl adjacent to an activating group) is 1. The van der Waals surface area contributed by atoms with Crippen molar-refractivity contribution in [3.05, 3.63) is 0 Å². The molecular formula is C43H90ClNO3. The second-order valence-corrected chi connectivity index (χ2v) is 15.3. The monoisotopic (exact) mass is 704 g/mol. The van der Waals surface area contributed by atoms with Gasteiger partial charge in [-0.1, -0.05) is 206 Å². The summed E-state index contributed by atoms with van der Waals surface area (Å²) in [6.07, 6.45) is 44.9. The molecule has 0 heterocycles. The summed E-state index contributed by atoms with van der Waals surface area (Å²) < 4.78 is 12.8. The summed E-state index contributed by atoms with van der Waals surface area (Å²) >= 11 is 0. The van der Waals surface area contributed by atoms with Crippen LogP contribution in [0.3, 0.4) is 0 Å². The minimum absolute atomic E-state index is 0. The van der Waals surface area contributed by atoms with E-state index in [0.717, 1.165) is 50.5 Å². The van der Waals surface area contributed by atoms with Gasteiger partial charge in [0, 0.05) is 13.2 Å². The van der Waals surface area contributed by atoms with E-state index in [4.69, 9.17) is 9.47 Å². The van der Waals surface area contributed by atoms with Crippen molar-refractivity contribution in [1.82, 2.24) is 0 Å². The maximum absolute atomic E-state index is 9.62. The third-order valence-corrected chi connectivity index (χ3v) is 10.5. The first kappa shape index (κ1) is 50.2. The second-order valence-electron chi connectivity index (χ2n) is 15.3. The van der Waals surface area contributed by atoms with Gasteiger partial charge in [-0.15, -0.1) is 0 Å². The Morgan fingerprint density at radius 3 is 0.792 bits per heavy atom. The van der Waals surface area contributed by atoms with Crippen molar-refractivity contribution in [2.45, 2.75) is 219 Å². The zero-order valence-electron chi connectivity index (χ0n) is 33.4. The van der Waals surface area contributed by atoms with Crippen molar-refractivity contribution in [1.29, 1.82) is 0 Å². The lowest BCUT2D eigenvalue weighted by Crippen LogP contribution is -3.00. The van der Waals surface area contributed by atoms with Gasteiger partial charge in [0.2, 0.25) is 0 Å². The first-order valence-electron chi connectivity index (χ1n) is 21.8. The maximum atomic E-state index is 9.62. The van der Waals surface area contributed by atoms with Crippen molar-refractivity contribution >= 4 is 0 Å². The smallest absolute Gasteiger partial charge is 0.102 e. The summed E-state index contributed by atoms with van der Waals surface area (Å²) in [4.78, 5) is 0. The molecule has 0 radical (unpaired) electrons. The quantitative estimate of drug-likeness (QED) is 0.0508. The molecule has 5 heteroatoms. The molecule has 0 saturated heterocycles. The molecule has 0 aliphatic rings. The highest BCUT2D eigenvalue weighted by Crippen LogP contribution is 2.15. The number of unbranched alkanes of at least 4 members (excludes halogenated alkanes) is 30. The third kappa shape index (κ3) is 40.6. The summed E-state index contributed by atoms with van der Waals surface area (Å²) in [6, 6.07) is 0. The maximum Gasteiger partial charge on any atom is 0.102 e. The van der Waals surface area contributed by atoms with E-state index in [1.807, 2.05) is 0 Å². The van der Waals surface area contributed by atoms with Crippen LogP contribution in [0.1, 0.15) is 219 Å². The molecule has 0 aromatic rings. The molecule has 0 fully saturated rings. The van der Waals surface area contributed by atoms with Crippen molar-refractivity contribution in [2.24, 2.45) is 0 Å². The molecule has 48 heavy (non-hydrogen) atoms. The molecule has 1 N–H and O–H groups in total. The molecule has 0 aliphatic heterocycles. The van der Waals surface area contributed by atoms with Gasteiger partial charge in [-0.3, -0.25) is 0 Å². The van der Waals surface area contributed by atoms with Crippen molar-refractivity contribution in [3.63, 3.8) is 0 Å². The minimum atomic E-state index is 0. The molecule has 0 aliphatic carbocycles. The van der Waals surface area contributed by atoms with Crippen molar-refractivity contribution in [2.75, 3.05) is 59.7 Å². The molecule has 0 saturated carbocycles. The minimum Gasteiger partial charge on any atom is -1.00 e. The summed E-state index contributed by atoms with van der Waals surface area (Å²) in [5.41, 5.74) is 0. The lowest BCUT2D eigenvalue weighted by molar-refractivity contribution is -0.910. The van der Waals surface area contributed by atoms with E-state index >= 15 is 0 Å². The van der Waals surface area contributed by atoms with E-state index in [1.54, 1.807) is 0 Å². The highest BCUT2D eigenvalue weighted by molar-refractivity contribution is 4.52. The van der Waals surface area contributed by atoms with Crippen LogP contribution in [0, 0.1) is 0 Å². The average molecular weight is 705 g/mol. The Bertz CT molecular complexity index is 522. The fourth-order valence-electron chi connectivity index (χ4n) is 6.86. The SMILES string of the molecule is CCCCCCCCCCCCCCCCCCOCC[N+](C)(CCO)CCOCCCCCCCCCCCCCCCCCC.[Cl-]. The van der Waals surface area contributed by atoms with Gasteiger partial charge < -0.3 is 31.5 Å². The van der Waals surface area contributed by atoms with Gasteiger partial charge >= 0.3 is 0 Å². The Morgan fingerprint density at radius 1 is 0.333 bits per heavy atom. The Hall–Kier alpha value is 0.130. The van der Waals surface area contributed by atoms with Gasteiger partial charge in [-0.2, -0.15) is 0 Å². The van der Waals surface area contributed by atoms with E-state index in [0.29, 0.717) is 0 Å². The van der Waals surface area contributed by atoms with Crippen LogP contribution in [0.5, 0.6) is 0 Å². The number of hydrogen-bond donors (Lipinski definition) is 1. The molecule has 0 spiro atoms. The fourth-order valence-corrected chi connectivity index (χ4v) is 6.86. The number of nitrogens with zero attached hydrogens (tertiary/aromatic N) is 1. The predicted octanol–water partition coefficient (Wildman–Crippen LogP) is 9.99. The highest BCUT2D eigenvalue weighted by atomic mass is 35.5. The molecule has 0 amide bonds. The summed E-state index contributed by atoms with van der Waals surface area (Å²) in [5.74, 6) is 0. The van der Waals surface area contributed by atoms with Crippen LogP contribution in [0.15, 0.2) is 0 Å². The number of rotatable bonds is 42. The number of hydrogen-bond acceptors (Lipinski definition) is 3. The van der Waals surface area contributed by atoms with Gasteiger partial charge in [0.25, 0.3) is 0 Å². The Kier molecular flexibility index (Phi) is 45.3. The largest absolute Gasteiger partial charge is 1.00 e. The lowest BCUT2D eigenvalue weighted by atomic mass is 10.0. The molecule has 0 unspecified atom stereocenters. The summed E-state index contributed by atoms with van der Waals surface area (Å²) in [7, 11) is 2.24. The number of aliphatic hydroxyl groups excluding tert-OH is 1. The molecule has 292 valence electrons. The van der Waals surface area contributed by atoms with Gasteiger partial charge in [0.1, 0.15) is 19.6 Å². The average Bonchev–Trinajstić information content (AvgIpc) is 3.07. The van der Waals surface area contributed by atoms with Crippen LogP contribution < -0.4 is 12.4 Å². The number of ether oxygens (including phenoxy) is 2. The molecule has 0 bridgehead atoms. The predicted molar refractivity (Wildman–Crippen MR) is 209 cm³/mol. The van der Waals surface area contributed by atoms with Gasteiger partial charge in [-0.05, 0) is 12.8 Å². The van der Waals surface area contributed by atoms with Crippen molar-refractivity contribution < 1.29 is 31.5 Å². The van der Waals surface area contributed by atoms with E-state index in [1.165, 1.54) is 205 Å². The van der Waals surface area contributed by atoms with E-state index in [9.17, 15) is 5.11 Å². The number of quaternary nitrogens is 1. The van der Waals surface area contributed by atoms with E-state index in [-0.39, 0.29) is 19.0 Å². The highest BCUT2D eigenvalue weighted by Gasteiger charge is 2.20. The molecule has 0 atom stereocenters. The van der Waals surface area contributed by atoms with Crippen LogP contribution in [-0.2, 0) is 9.47 Å². The van der Waals surface area contributed by atoms with Crippen LogP contribution in [0.4, 0.5) is 0 Å². The third-order valence-electron chi connectivity index (χ3n) is 10.5. The van der Waals surface area contributed by atoms with Crippen LogP contribution in [-0.4, -0.2) is 69.3 Å². The van der Waals surface area contributed by atoms with E-state index < -0.39 is 0 Å². The van der Waals surface area contributed by atoms with Crippen LogP contribution >= 0.6 is 0 Å². The zero-order valence-corrected chi connectivity index (χ0v) is 34.1. The Balaban J connectivity index is 0. The number of halogens is 1. The van der Waals surface area contributed by atoms with Crippen molar-refractivity contribution in [3.8, 4) is 0 Å². The van der Waals surface area contributed by atoms with Crippen LogP contribution in [0.25, 0.3) is 0 Å². The van der Waals surface area contributed by atoms with Crippen LogP contribution in [0.2, 0.25) is 0 Å². The van der Waals surface area contributed by atoms with Gasteiger partial charge in [0.05, 0.1) is 26.9 Å². The Labute approximate surface area is 309 Å². The first-order valence-corrected chi connectivity index (χ1v) is 21.8. The number of aliphatic hydroxyl groups is 1. The fraction of sp³-hybridized carbons (Fsp3) is 1.00. The topological polar surface area (TPSA) is 38.7 Å². The summed E-state index contributed by atoms with van der Waals surface area (Å²) in [5, 5.41) is 9.62. The van der Waals surface area contributed by atoms with Gasteiger partial charge in [-0.25, -0.2) is 0 Å². The van der Waals surface area contributed by atoms with Gasteiger partial charge in [0.15, 0.2) is 0 Å². The lowest BCUT2D eigenvalue weighted by Gasteiger charge is -2.33. The summed E-state index contributed by atoms with van der Waals surface area (Å²) in [6.45, 7) is 10.9. The second kappa shape index (κ2) is 43.3. The van der Waals surface area contributed by atoms with E-state index in [2.05, 4.69) is 20.9 Å². The Morgan fingerprint density at radius 2 is 0.562 bits per heavy atom. The zero-order chi connectivity index (χ0) is 34.2. The molecule has 0 aromatic carbocycles. The first-order chi connectivity index (χ1) is 23.2. The standard InChI is InChI=1S/C43H90NO3.ClH/c1-4-6-8-10-12-14-16-18-20-22-24-26-28-30-32-34-40-46-42-37-44(3,36-39-45)38-43-47-41-35-33-31-29-27-25-23-21-19-17-15-13-11-9-7-5-2;/h45H,4-43H2,1-3H3;1H/q+1;/p-1. The molecule has 4 nitrogen and oxygen atoms in total. The molecular weight excluding hydrogens is 614 g/mol.